The lowest BCUT2D eigenvalue weighted by molar-refractivity contribution is -0.129. The van der Waals surface area contributed by atoms with E-state index in [1.165, 1.54) is 0 Å². The van der Waals surface area contributed by atoms with Gasteiger partial charge in [-0.2, -0.15) is 0 Å². The number of benzene rings is 1. The Bertz CT molecular complexity index is 1300. The molecule has 162 valence electrons. The lowest BCUT2D eigenvalue weighted by atomic mass is 10.1. The lowest BCUT2D eigenvalue weighted by Gasteiger charge is -2.22. The molecule has 32 heavy (non-hydrogen) atoms. The Kier molecular flexibility index (Phi) is 4.97. The van der Waals surface area contributed by atoms with Crippen LogP contribution >= 0.6 is 0 Å². The highest BCUT2D eigenvalue weighted by Gasteiger charge is 2.32. The molecule has 1 amide bonds. The van der Waals surface area contributed by atoms with E-state index < -0.39 is 0 Å². The fraction of sp³-hybridized carbons (Fsp3) is 0.250. The maximum absolute atomic E-state index is 12.2. The number of likely N-dealkylation sites (tertiary alicyclic amines) is 1. The molecule has 8 heteroatoms. The van der Waals surface area contributed by atoms with Crippen LogP contribution in [0.5, 0.6) is 0 Å². The molecule has 5 rings (SSSR count). The van der Waals surface area contributed by atoms with Gasteiger partial charge in [-0.05, 0) is 49.6 Å². The summed E-state index contributed by atoms with van der Waals surface area (Å²) in [7, 11) is 0. The van der Waals surface area contributed by atoms with E-state index in [0.717, 1.165) is 59.1 Å². The molecule has 1 aromatic carbocycles. The average molecular weight is 428 g/mol. The summed E-state index contributed by atoms with van der Waals surface area (Å²) in [6.07, 6.45) is 7.15. The first-order chi connectivity index (χ1) is 15.5. The number of hydrogen-bond acceptors (Lipinski definition) is 6. The number of fused-ring (bicyclic) bond motifs is 1. The van der Waals surface area contributed by atoms with Crippen LogP contribution < -0.4 is 11.1 Å². The summed E-state index contributed by atoms with van der Waals surface area (Å²) in [5, 5.41) is 3.35. The van der Waals surface area contributed by atoms with Gasteiger partial charge in [0.05, 0.1) is 6.04 Å². The number of nitrogens with one attached hydrogen (secondary N) is 1. The van der Waals surface area contributed by atoms with Gasteiger partial charge >= 0.3 is 0 Å². The Morgan fingerprint density at radius 3 is 2.81 bits per heavy atom. The SMILES string of the molecule is CC(=O)N1CCC[C@H]1c1nc(-c2ccc(Nc3ccccn3)c(C)c2)c2c(N)nccn12. The zero-order valence-electron chi connectivity index (χ0n) is 18.1. The van der Waals surface area contributed by atoms with Crippen molar-refractivity contribution in [3.8, 4) is 11.3 Å². The monoisotopic (exact) mass is 427 g/mol. The summed E-state index contributed by atoms with van der Waals surface area (Å²) in [4.78, 5) is 27.7. The Hall–Kier alpha value is -3.94. The normalized spacial score (nSPS) is 15.9. The number of nitrogens with two attached hydrogens (primary N) is 1. The third-order valence-electron chi connectivity index (χ3n) is 5.99. The largest absolute Gasteiger partial charge is 0.382 e. The summed E-state index contributed by atoms with van der Waals surface area (Å²) in [6, 6.07) is 11.8. The van der Waals surface area contributed by atoms with Crippen LogP contribution in [-0.2, 0) is 4.79 Å². The maximum atomic E-state index is 12.2. The highest BCUT2D eigenvalue weighted by molar-refractivity contribution is 5.86. The number of hydrogen-bond donors (Lipinski definition) is 2. The number of rotatable bonds is 4. The van der Waals surface area contributed by atoms with Crippen molar-refractivity contribution in [2.75, 3.05) is 17.6 Å². The average Bonchev–Trinajstić information content (AvgIpc) is 3.41. The van der Waals surface area contributed by atoms with Crippen molar-refractivity contribution >= 4 is 28.7 Å². The topological polar surface area (TPSA) is 101 Å². The molecular formula is C24H25N7O. The van der Waals surface area contributed by atoms with E-state index in [1.807, 2.05) is 52.8 Å². The van der Waals surface area contributed by atoms with Crippen molar-refractivity contribution in [3.63, 3.8) is 0 Å². The number of pyridine rings is 1. The first-order valence-electron chi connectivity index (χ1n) is 10.7. The van der Waals surface area contributed by atoms with E-state index in [1.54, 1.807) is 19.3 Å². The first-order valence-corrected chi connectivity index (χ1v) is 10.7. The van der Waals surface area contributed by atoms with Crippen LogP contribution in [0.2, 0.25) is 0 Å². The zero-order chi connectivity index (χ0) is 22.2. The fourth-order valence-electron chi connectivity index (χ4n) is 4.46. The third-order valence-corrected chi connectivity index (χ3v) is 5.99. The van der Waals surface area contributed by atoms with Gasteiger partial charge in [0.1, 0.15) is 28.7 Å². The van der Waals surface area contributed by atoms with Crippen molar-refractivity contribution in [1.82, 2.24) is 24.3 Å². The summed E-state index contributed by atoms with van der Waals surface area (Å²) in [5.74, 6) is 2.10. The second-order valence-electron chi connectivity index (χ2n) is 8.09. The molecule has 0 aliphatic carbocycles. The van der Waals surface area contributed by atoms with Gasteiger partial charge in [-0.1, -0.05) is 12.1 Å². The van der Waals surface area contributed by atoms with E-state index in [-0.39, 0.29) is 11.9 Å². The molecule has 1 atom stereocenters. The van der Waals surface area contributed by atoms with E-state index in [2.05, 4.69) is 21.4 Å². The number of nitrogen functional groups attached to an aromatic ring is 1. The Labute approximate surface area is 186 Å². The highest BCUT2D eigenvalue weighted by Crippen LogP contribution is 2.37. The number of carbonyl (C=O) groups is 1. The number of amides is 1. The predicted octanol–water partition coefficient (Wildman–Crippen LogP) is 4.11. The van der Waals surface area contributed by atoms with Crippen molar-refractivity contribution in [2.45, 2.75) is 32.7 Å². The van der Waals surface area contributed by atoms with Crippen LogP contribution in [0.15, 0.2) is 55.0 Å². The Morgan fingerprint density at radius 2 is 2.06 bits per heavy atom. The first kappa shape index (κ1) is 20.0. The van der Waals surface area contributed by atoms with Crippen molar-refractivity contribution in [3.05, 3.63) is 66.4 Å². The van der Waals surface area contributed by atoms with Gasteiger partial charge in [-0.15, -0.1) is 0 Å². The second-order valence-corrected chi connectivity index (χ2v) is 8.09. The molecule has 3 aromatic heterocycles. The molecule has 1 aliphatic heterocycles. The van der Waals surface area contributed by atoms with Gasteiger partial charge in [-0.3, -0.25) is 9.20 Å². The van der Waals surface area contributed by atoms with Gasteiger partial charge < -0.3 is 16.0 Å². The Balaban J connectivity index is 1.59. The molecule has 0 saturated carbocycles. The van der Waals surface area contributed by atoms with Crippen LogP contribution in [0.3, 0.4) is 0 Å². The second kappa shape index (κ2) is 7.96. The third kappa shape index (κ3) is 3.43. The molecule has 1 saturated heterocycles. The molecule has 8 nitrogen and oxygen atoms in total. The summed E-state index contributed by atoms with van der Waals surface area (Å²) in [5.41, 5.74) is 10.8. The number of aromatic nitrogens is 4. The fourth-order valence-corrected chi connectivity index (χ4v) is 4.46. The minimum Gasteiger partial charge on any atom is -0.382 e. The highest BCUT2D eigenvalue weighted by atomic mass is 16.2. The molecule has 3 N–H and O–H groups in total. The molecule has 1 aliphatic rings. The number of carbonyl (C=O) groups excluding carboxylic acids is 1. The molecule has 0 spiro atoms. The number of aryl methyl sites for hydroxylation is 1. The summed E-state index contributed by atoms with van der Waals surface area (Å²) >= 11 is 0. The summed E-state index contributed by atoms with van der Waals surface area (Å²) < 4.78 is 1.99. The Morgan fingerprint density at radius 1 is 1.19 bits per heavy atom. The minimum atomic E-state index is -0.0678. The maximum Gasteiger partial charge on any atom is 0.220 e. The van der Waals surface area contributed by atoms with Crippen LogP contribution in [0, 0.1) is 6.92 Å². The summed E-state index contributed by atoms with van der Waals surface area (Å²) in [6.45, 7) is 4.41. The molecular weight excluding hydrogens is 402 g/mol. The van der Waals surface area contributed by atoms with Crippen LogP contribution in [0.4, 0.5) is 17.3 Å². The molecule has 1 fully saturated rings. The van der Waals surface area contributed by atoms with E-state index in [0.29, 0.717) is 5.82 Å². The van der Waals surface area contributed by atoms with E-state index >= 15 is 0 Å². The standard InChI is InChI=1S/C24H25N7O/c1-15-14-17(8-9-18(15)28-20-7-3-4-10-26-20)21-22-23(25)27-11-13-31(22)24(29-21)19-6-5-12-30(19)16(2)32/h3-4,7-11,13-14,19H,5-6,12H2,1-2H3,(H2,25,27)(H,26,28)/t19-/m0/s1. The number of anilines is 3. The van der Waals surface area contributed by atoms with Crippen LogP contribution in [0.1, 0.15) is 37.2 Å². The smallest absolute Gasteiger partial charge is 0.220 e. The van der Waals surface area contributed by atoms with Gasteiger partial charge in [-0.25, -0.2) is 15.0 Å². The van der Waals surface area contributed by atoms with E-state index in [9.17, 15) is 4.79 Å². The number of nitrogens with zero attached hydrogens (tertiary/aromatic N) is 5. The van der Waals surface area contributed by atoms with Gasteiger partial charge in [0.25, 0.3) is 0 Å². The van der Waals surface area contributed by atoms with Gasteiger partial charge in [0, 0.05) is 43.3 Å². The van der Waals surface area contributed by atoms with Crippen molar-refractivity contribution in [2.24, 2.45) is 0 Å². The quantitative estimate of drug-likeness (QED) is 0.508. The van der Waals surface area contributed by atoms with Crippen molar-refractivity contribution in [1.29, 1.82) is 0 Å². The molecule has 0 radical (unpaired) electrons. The molecule has 4 heterocycles. The van der Waals surface area contributed by atoms with Crippen molar-refractivity contribution < 1.29 is 4.79 Å². The van der Waals surface area contributed by atoms with Crippen LogP contribution in [-0.4, -0.2) is 36.7 Å². The molecule has 0 unspecified atom stereocenters. The molecule has 4 aromatic rings. The van der Waals surface area contributed by atoms with Gasteiger partial charge in [0.15, 0.2) is 0 Å². The number of imidazole rings is 1. The van der Waals surface area contributed by atoms with Crippen LogP contribution in [0.25, 0.3) is 16.8 Å². The predicted molar refractivity (Wildman–Crippen MR) is 124 cm³/mol. The lowest BCUT2D eigenvalue weighted by Crippen LogP contribution is -2.29. The van der Waals surface area contributed by atoms with E-state index in [4.69, 9.17) is 10.7 Å². The minimum absolute atomic E-state index is 0.0635. The molecule has 0 bridgehead atoms. The zero-order valence-corrected chi connectivity index (χ0v) is 18.1. The van der Waals surface area contributed by atoms with Gasteiger partial charge in [0.2, 0.25) is 5.91 Å².